The standard InChI is InChI=1S/C10H13NO2/c11-10(6-12)5-9(10)7-2-1-3-8(13)4-7/h1-4,9,12-13H,5-6,11H2. The van der Waals surface area contributed by atoms with Gasteiger partial charge in [0.2, 0.25) is 0 Å². The van der Waals surface area contributed by atoms with Gasteiger partial charge in [0, 0.05) is 11.5 Å². The van der Waals surface area contributed by atoms with Crippen molar-refractivity contribution in [3.63, 3.8) is 0 Å². The molecule has 3 nitrogen and oxygen atoms in total. The summed E-state index contributed by atoms with van der Waals surface area (Å²) in [4.78, 5) is 0. The van der Waals surface area contributed by atoms with Gasteiger partial charge in [-0.1, -0.05) is 12.1 Å². The van der Waals surface area contributed by atoms with Crippen molar-refractivity contribution in [3.8, 4) is 5.75 Å². The number of phenolic OH excluding ortho intramolecular Hbond substituents is 1. The summed E-state index contributed by atoms with van der Waals surface area (Å²) in [5.74, 6) is 0.453. The molecule has 0 radical (unpaired) electrons. The Morgan fingerprint density at radius 2 is 2.31 bits per heavy atom. The number of nitrogens with two attached hydrogens (primary N) is 1. The fourth-order valence-electron chi connectivity index (χ4n) is 1.69. The van der Waals surface area contributed by atoms with E-state index in [9.17, 15) is 5.11 Å². The molecular formula is C10H13NO2. The van der Waals surface area contributed by atoms with Crippen LogP contribution in [0.2, 0.25) is 0 Å². The molecule has 70 valence electrons. The van der Waals surface area contributed by atoms with Crippen LogP contribution < -0.4 is 5.73 Å². The lowest BCUT2D eigenvalue weighted by atomic mass is 10.1. The number of hydrogen-bond donors (Lipinski definition) is 3. The first-order valence-electron chi connectivity index (χ1n) is 4.34. The third-order valence-corrected chi connectivity index (χ3v) is 2.68. The lowest BCUT2D eigenvalue weighted by molar-refractivity contribution is 0.253. The molecule has 2 atom stereocenters. The van der Waals surface area contributed by atoms with E-state index in [0.717, 1.165) is 12.0 Å². The Morgan fingerprint density at radius 1 is 1.54 bits per heavy atom. The SMILES string of the molecule is NC1(CO)CC1c1cccc(O)c1. The zero-order valence-electron chi connectivity index (χ0n) is 7.27. The number of aromatic hydroxyl groups is 1. The second kappa shape index (κ2) is 2.72. The van der Waals surface area contributed by atoms with Crippen molar-refractivity contribution in [1.82, 2.24) is 0 Å². The van der Waals surface area contributed by atoms with Crippen LogP contribution in [0.4, 0.5) is 0 Å². The van der Waals surface area contributed by atoms with Gasteiger partial charge in [-0.25, -0.2) is 0 Å². The van der Waals surface area contributed by atoms with Crippen LogP contribution in [0.3, 0.4) is 0 Å². The highest BCUT2D eigenvalue weighted by Gasteiger charge is 2.51. The predicted octanol–water partition coefficient (Wildman–Crippen LogP) is 0.569. The van der Waals surface area contributed by atoms with E-state index in [4.69, 9.17) is 10.8 Å². The van der Waals surface area contributed by atoms with E-state index in [0.29, 0.717) is 0 Å². The van der Waals surface area contributed by atoms with Gasteiger partial charge in [-0.3, -0.25) is 0 Å². The number of aliphatic hydroxyl groups is 1. The van der Waals surface area contributed by atoms with Crippen LogP contribution in [0.5, 0.6) is 5.75 Å². The van der Waals surface area contributed by atoms with Crippen LogP contribution in [-0.4, -0.2) is 22.4 Å². The first kappa shape index (κ1) is 8.53. The molecule has 13 heavy (non-hydrogen) atoms. The van der Waals surface area contributed by atoms with E-state index in [-0.39, 0.29) is 18.3 Å². The van der Waals surface area contributed by atoms with Crippen molar-refractivity contribution >= 4 is 0 Å². The van der Waals surface area contributed by atoms with Gasteiger partial charge in [-0.2, -0.15) is 0 Å². The van der Waals surface area contributed by atoms with Gasteiger partial charge < -0.3 is 15.9 Å². The molecule has 0 amide bonds. The largest absolute Gasteiger partial charge is 0.508 e. The number of benzene rings is 1. The molecule has 0 aliphatic heterocycles. The van der Waals surface area contributed by atoms with Gasteiger partial charge in [-0.15, -0.1) is 0 Å². The topological polar surface area (TPSA) is 66.5 Å². The molecule has 4 N–H and O–H groups in total. The molecule has 1 aliphatic rings. The summed E-state index contributed by atoms with van der Waals surface area (Å²) in [6, 6.07) is 7.05. The lowest BCUT2D eigenvalue weighted by Gasteiger charge is -2.06. The van der Waals surface area contributed by atoms with E-state index in [2.05, 4.69) is 0 Å². The van der Waals surface area contributed by atoms with Crippen LogP contribution in [0, 0.1) is 0 Å². The van der Waals surface area contributed by atoms with Crippen LogP contribution >= 0.6 is 0 Å². The van der Waals surface area contributed by atoms with Crippen molar-refractivity contribution < 1.29 is 10.2 Å². The summed E-state index contributed by atoms with van der Waals surface area (Å²) in [7, 11) is 0. The van der Waals surface area contributed by atoms with Crippen LogP contribution in [-0.2, 0) is 0 Å². The molecule has 0 saturated heterocycles. The molecule has 2 unspecified atom stereocenters. The minimum Gasteiger partial charge on any atom is -0.508 e. The van der Waals surface area contributed by atoms with Gasteiger partial charge in [0.15, 0.2) is 0 Å². The Balaban J connectivity index is 2.20. The first-order valence-corrected chi connectivity index (χ1v) is 4.34. The van der Waals surface area contributed by atoms with E-state index in [1.54, 1.807) is 18.2 Å². The fraction of sp³-hybridized carbons (Fsp3) is 0.400. The molecule has 0 bridgehead atoms. The number of aliphatic hydroxyl groups excluding tert-OH is 1. The molecule has 1 saturated carbocycles. The predicted molar refractivity (Wildman–Crippen MR) is 49.5 cm³/mol. The van der Waals surface area contributed by atoms with Crippen LogP contribution in [0.15, 0.2) is 24.3 Å². The van der Waals surface area contributed by atoms with E-state index >= 15 is 0 Å². The normalized spacial score (nSPS) is 31.7. The minimum atomic E-state index is -0.451. The quantitative estimate of drug-likeness (QED) is 0.621. The van der Waals surface area contributed by atoms with Gasteiger partial charge in [-0.05, 0) is 24.1 Å². The third kappa shape index (κ3) is 1.41. The van der Waals surface area contributed by atoms with E-state index in [1.807, 2.05) is 6.07 Å². The maximum Gasteiger partial charge on any atom is 0.115 e. The molecule has 1 aromatic rings. The molecule has 0 spiro atoms. The summed E-state index contributed by atoms with van der Waals surface area (Å²) >= 11 is 0. The number of rotatable bonds is 2. The number of hydrogen-bond acceptors (Lipinski definition) is 3. The minimum absolute atomic E-state index is 0.00726. The molecule has 1 aromatic carbocycles. The van der Waals surface area contributed by atoms with Crippen molar-refractivity contribution in [3.05, 3.63) is 29.8 Å². The van der Waals surface area contributed by atoms with Gasteiger partial charge in [0.1, 0.15) is 5.75 Å². The summed E-state index contributed by atoms with van der Waals surface area (Å²) < 4.78 is 0. The highest BCUT2D eigenvalue weighted by atomic mass is 16.3. The molecule has 3 heteroatoms. The van der Waals surface area contributed by atoms with Crippen molar-refractivity contribution in [2.75, 3.05) is 6.61 Å². The highest BCUT2D eigenvalue weighted by Crippen LogP contribution is 2.49. The first-order chi connectivity index (χ1) is 6.15. The summed E-state index contributed by atoms with van der Waals surface area (Å²) in [5, 5.41) is 18.2. The summed E-state index contributed by atoms with van der Waals surface area (Å²) in [5.41, 5.74) is 6.40. The van der Waals surface area contributed by atoms with Crippen molar-refractivity contribution in [2.24, 2.45) is 5.73 Å². The average Bonchev–Trinajstić information content (AvgIpc) is 2.79. The highest BCUT2D eigenvalue weighted by molar-refractivity contribution is 5.37. The van der Waals surface area contributed by atoms with Gasteiger partial charge >= 0.3 is 0 Å². The Kier molecular flexibility index (Phi) is 1.78. The molecular weight excluding hydrogens is 166 g/mol. The molecule has 2 rings (SSSR count). The van der Waals surface area contributed by atoms with Gasteiger partial charge in [0.05, 0.1) is 6.61 Å². The summed E-state index contributed by atoms with van der Waals surface area (Å²) in [6.45, 7) is 0.00726. The molecule has 0 aromatic heterocycles. The zero-order valence-corrected chi connectivity index (χ0v) is 7.27. The van der Waals surface area contributed by atoms with E-state index in [1.165, 1.54) is 0 Å². The maximum atomic E-state index is 9.23. The fourth-order valence-corrected chi connectivity index (χ4v) is 1.69. The van der Waals surface area contributed by atoms with Gasteiger partial charge in [0.25, 0.3) is 0 Å². The molecule has 0 heterocycles. The van der Waals surface area contributed by atoms with Crippen LogP contribution in [0.25, 0.3) is 0 Å². The van der Waals surface area contributed by atoms with Crippen LogP contribution in [0.1, 0.15) is 17.9 Å². The maximum absolute atomic E-state index is 9.23. The third-order valence-electron chi connectivity index (χ3n) is 2.68. The second-order valence-electron chi connectivity index (χ2n) is 3.74. The van der Waals surface area contributed by atoms with E-state index < -0.39 is 5.54 Å². The molecule has 1 fully saturated rings. The Labute approximate surface area is 76.8 Å². The smallest absolute Gasteiger partial charge is 0.115 e. The molecule has 1 aliphatic carbocycles. The van der Waals surface area contributed by atoms with Crippen molar-refractivity contribution in [2.45, 2.75) is 17.9 Å². The average molecular weight is 179 g/mol. The second-order valence-corrected chi connectivity index (χ2v) is 3.74. The Hall–Kier alpha value is -1.06. The lowest BCUT2D eigenvalue weighted by Crippen LogP contribution is -2.28. The Bertz CT molecular complexity index is 326. The zero-order chi connectivity index (χ0) is 9.47. The monoisotopic (exact) mass is 179 g/mol. The summed E-state index contributed by atoms with van der Waals surface area (Å²) in [6.07, 6.45) is 0.799. The number of phenols is 1. The Morgan fingerprint density at radius 3 is 2.85 bits per heavy atom. The van der Waals surface area contributed by atoms with Crippen molar-refractivity contribution in [1.29, 1.82) is 0 Å².